The first-order valence-corrected chi connectivity index (χ1v) is 9.36. The van der Waals surface area contributed by atoms with E-state index in [2.05, 4.69) is 46.0 Å². The average molecular weight is 505 g/mol. The van der Waals surface area contributed by atoms with Crippen molar-refractivity contribution < 1.29 is 4.74 Å². The van der Waals surface area contributed by atoms with Crippen molar-refractivity contribution in [2.45, 2.75) is 19.9 Å². The smallest absolute Gasteiger partial charge is 0.191 e. The van der Waals surface area contributed by atoms with Crippen LogP contribution in [-0.2, 0) is 13.0 Å². The molecule has 0 aliphatic rings. The molecule has 0 unspecified atom stereocenters. The minimum Gasteiger partial charge on any atom is -0.496 e. The minimum atomic E-state index is 0. The average Bonchev–Trinajstić information content (AvgIpc) is 3.20. The van der Waals surface area contributed by atoms with Crippen LogP contribution in [0.15, 0.2) is 65.9 Å². The molecule has 1 aromatic heterocycles. The fourth-order valence-corrected chi connectivity index (χ4v) is 2.93. The molecule has 0 bridgehead atoms. The van der Waals surface area contributed by atoms with Crippen LogP contribution < -0.4 is 15.4 Å². The fourth-order valence-electron chi connectivity index (χ4n) is 2.93. The summed E-state index contributed by atoms with van der Waals surface area (Å²) < 4.78 is 7.36. The lowest BCUT2D eigenvalue weighted by molar-refractivity contribution is 0.408. The van der Waals surface area contributed by atoms with Gasteiger partial charge in [-0.05, 0) is 42.7 Å². The van der Waals surface area contributed by atoms with Gasteiger partial charge in [-0.1, -0.05) is 30.3 Å². The Morgan fingerprint density at radius 2 is 1.93 bits per heavy atom. The maximum absolute atomic E-state index is 5.46. The Morgan fingerprint density at radius 1 is 1.14 bits per heavy atom. The molecule has 0 saturated carbocycles. The van der Waals surface area contributed by atoms with E-state index in [-0.39, 0.29) is 24.0 Å². The molecule has 0 saturated heterocycles. The first kappa shape index (κ1) is 22.7. The molecule has 3 aromatic rings. The van der Waals surface area contributed by atoms with Crippen molar-refractivity contribution in [2.75, 3.05) is 20.7 Å². The van der Waals surface area contributed by atoms with Gasteiger partial charge in [0.1, 0.15) is 5.75 Å². The van der Waals surface area contributed by atoms with E-state index in [4.69, 9.17) is 4.74 Å². The molecule has 0 radical (unpaired) electrons. The Morgan fingerprint density at radius 3 is 2.66 bits per heavy atom. The van der Waals surface area contributed by atoms with Gasteiger partial charge in [0.25, 0.3) is 0 Å². The fraction of sp³-hybridized carbons (Fsp3) is 0.273. The minimum absolute atomic E-state index is 0. The molecule has 0 aliphatic heterocycles. The zero-order valence-corrected chi connectivity index (χ0v) is 19.4. The summed E-state index contributed by atoms with van der Waals surface area (Å²) in [4.78, 5) is 4.29. The normalized spacial score (nSPS) is 10.9. The maximum atomic E-state index is 5.46. The molecule has 2 aromatic carbocycles. The van der Waals surface area contributed by atoms with E-state index in [0.29, 0.717) is 6.54 Å². The second-order valence-corrected chi connectivity index (χ2v) is 6.55. The van der Waals surface area contributed by atoms with Crippen molar-refractivity contribution in [3.05, 3.63) is 77.6 Å². The lowest BCUT2D eigenvalue weighted by Gasteiger charge is -2.14. The van der Waals surface area contributed by atoms with Crippen LogP contribution in [-0.4, -0.2) is 36.4 Å². The van der Waals surface area contributed by atoms with Crippen LogP contribution in [0.2, 0.25) is 0 Å². The molecule has 0 aliphatic carbocycles. The third-order valence-corrected chi connectivity index (χ3v) is 4.48. The van der Waals surface area contributed by atoms with E-state index >= 15 is 0 Å². The molecule has 7 heteroatoms. The number of aryl methyl sites for hydroxylation is 1. The molecule has 3 rings (SSSR count). The highest BCUT2D eigenvalue weighted by molar-refractivity contribution is 14.0. The summed E-state index contributed by atoms with van der Waals surface area (Å²) in [5, 5.41) is 11.1. The Labute approximate surface area is 189 Å². The number of nitrogens with zero attached hydrogens (tertiary/aromatic N) is 3. The van der Waals surface area contributed by atoms with Crippen LogP contribution >= 0.6 is 24.0 Å². The molecule has 0 amide bonds. The molecular weight excluding hydrogens is 477 g/mol. The Bertz CT molecular complexity index is 924. The van der Waals surface area contributed by atoms with E-state index in [1.807, 2.05) is 47.3 Å². The first-order chi connectivity index (χ1) is 13.7. The molecular formula is C22H28IN5O. The van der Waals surface area contributed by atoms with Crippen LogP contribution in [0, 0.1) is 6.92 Å². The van der Waals surface area contributed by atoms with Crippen LogP contribution in [0.25, 0.3) is 5.69 Å². The van der Waals surface area contributed by atoms with Gasteiger partial charge in [0.05, 0.1) is 19.0 Å². The predicted octanol–water partition coefficient (Wildman–Crippen LogP) is 3.72. The number of methoxy groups -OCH3 is 1. The third kappa shape index (κ3) is 6.49. The number of aromatic nitrogens is 2. The van der Waals surface area contributed by atoms with E-state index < -0.39 is 0 Å². The first-order valence-electron chi connectivity index (χ1n) is 9.36. The van der Waals surface area contributed by atoms with Gasteiger partial charge in [0, 0.05) is 31.9 Å². The summed E-state index contributed by atoms with van der Waals surface area (Å²) in [6.45, 7) is 3.47. The molecule has 1 heterocycles. The van der Waals surface area contributed by atoms with E-state index in [9.17, 15) is 0 Å². The van der Waals surface area contributed by atoms with Crippen molar-refractivity contribution in [3.63, 3.8) is 0 Å². The van der Waals surface area contributed by atoms with E-state index in [1.54, 1.807) is 14.2 Å². The molecule has 29 heavy (non-hydrogen) atoms. The van der Waals surface area contributed by atoms with Gasteiger partial charge in [-0.2, -0.15) is 5.10 Å². The second-order valence-electron chi connectivity index (χ2n) is 6.55. The van der Waals surface area contributed by atoms with E-state index in [1.165, 1.54) is 11.1 Å². The highest BCUT2D eigenvalue weighted by atomic mass is 127. The third-order valence-electron chi connectivity index (χ3n) is 4.48. The molecule has 0 atom stereocenters. The van der Waals surface area contributed by atoms with Crippen LogP contribution in [0.4, 0.5) is 0 Å². The highest BCUT2D eigenvalue weighted by Gasteiger charge is 2.05. The number of nitrogens with one attached hydrogen (secondary N) is 2. The summed E-state index contributed by atoms with van der Waals surface area (Å²) in [5.41, 5.74) is 4.51. The summed E-state index contributed by atoms with van der Waals surface area (Å²) in [7, 11) is 3.47. The largest absolute Gasteiger partial charge is 0.496 e. The molecule has 0 fully saturated rings. The summed E-state index contributed by atoms with van der Waals surface area (Å²) in [6, 6.07) is 16.3. The van der Waals surface area contributed by atoms with Gasteiger partial charge in [-0.15, -0.1) is 24.0 Å². The number of rotatable bonds is 7. The quantitative estimate of drug-likeness (QED) is 0.292. The lowest BCUT2D eigenvalue weighted by atomic mass is 10.1. The van der Waals surface area contributed by atoms with Gasteiger partial charge in [-0.25, -0.2) is 4.68 Å². The molecule has 6 nitrogen and oxygen atoms in total. The molecule has 0 spiro atoms. The molecule has 154 valence electrons. The van der Waals surface area contributed by atoms with Crippen LogP contribution in [0.3, 0.4) is 0 Å². The Kier molecular flexibility index (Phi) is 8.98. The Hall–Kier alpha value is -2.55. The van der Waals surface area contributed by atoms with Gasteiger partial charge in [-0.3, -0.25) is 4.99 Å². The van der Waals surface area contributed by atoms with Crippen molar-refractivity contribution in [1.29, 1.82) is 0 Å². The number of hydrogen-bond acceptors (Lipinski definition) is 3. The van der Waals surface area contributed by atoms with E-state index in [0.717, 1.165) is 35.9 Å². The number of para-hydroxylation sites is 1. The number of aliphatic imine (C=N–C) groups is 1. The summed E-state index contributed by atoms with van der Waals surface area (Å²) >= 11 is 0. The standard InChI is InChI=1S/C22H27N5O.HI/c1-17-9-10-19(21(13-17)28-3)15-25-22(23-2)24-12-11-18-14-26-27(16-18)20-7-5-4-6-8-20;/h4-10,13-14,16H,11-12,15H2,1-3H3,(H2,23,24,25);1H. The number of benzene rings is 2. The van der Waals surface area contributed by atoms with Gasteiger partial charge in [0.2, 0.25) is 0 Å². The van der Waals surface area contributed by atoms with Crippen LogP contribution in [0.1, 0.15) is 16.7 Å². The van der Waals surface area contributed by atoms with Crippen molar-refractivity contribution in [1.82, 2.24) is 20.4 Å². The van der Waals surface area contributed by atoms with Crippen LogP contribution in [0.5, 0.6) is 5.75 Å². The maximum Gasteiger partial charge on any atom is 0.191 e. The SMILES string of the molecule is CN=C(NCCc1cnn(-c2ccccc2)c1)NCc1ccc(C)cc1OC.I. The Balaban J connectivity index is 0.00000300. The van der Waals surface area contributed by atoms with Crippen molar-refractivity contribution in [2.24, 2.45) is 4.99 Å². The monoisotopic (exact) mass is 505 g/mol. The molecule has 2 N–H and O–H groups in total. The van der Waals surface area contributed by atoms with Gasteiger partial charge >= 0.3 is 0 Å². The predicted molar refractivity (Wildman–Crippen MR) is 129 cm³/mol. The zero-order chi connectivity index (χ0) is 19.8. The highest BCUT2D eigenvalue weighted by Crippen LogP contribution is 2.19. The number of halogens is 1. The van der Waals surface area contributed by atoms with Gasteiger partial charge < -0.3 is 15.4 Å². The van der Waals surface area contributed by atoms with Crippen molar-refractivity contribution >= 4 is 29.9 Å². The van der Waals surface area contributed by atoms with Gasteiger partial charge in [0.15, 0.2) is 5.96 Å². The lowest BCUT2D eigenvalue weighted by Crippen LogP contribution is -2.37. The summed E-state index contributed by atoms with van der Waals surface area (Å²) in [5.74, 6) is 1.65. The number of guanidine groups is 1. The zero-order valence-electron chi connectivity index (χ0n) is 17.1. The second kappa shape index (κ2) is 11.5. The summed E-state index contributed by atoms with van der Waals surface area (Å²) in [6.07, 6.45) is 4.83. The van der Waals surface area contributed by atoms with Crippen molar-refractivity contribution in [3.8, 4) is 11.4 Å². The number of ether oxygens (including phenoxy) is 1. The topological polar surface area (TPSA) is 63.5 Å². The number of hydrogen-bond donors (Lipinski definition) is 2.